The molecular weight excluding hydrogens is 374 g/mol. The first-order valence-corrected chi connectivity index (χ1v) is 11.0. The number of rotatable bonds is 6. The smallest absolute Gasteiger partial charge is 0.245 e. The third kappa shape index (κ3) is 3.77. The van der Waals surface area contributed by atoms with Crippen LogP contribution in [0, 0.1) is 0 Å². The molecule has 1 saturated heterocycles. The molecule has 2 aromatic carbocycles. The lowest BCUT2D eigenvalue weighted by atomic mass is 10.1. The number of hydrogen-bond donors (Lipinski definition) is 0. The Balaban J connectivity index is 2.00. The van der Waals surface area contributed by atoms with Crippen molar-refractivity contribution in [1.82, 2.24) is 9.21 Å². The van der Waals surface area contributed by atoms with Crippen LogP contribution in [0.15, 0.2) is 59.5 Å². The molecule has 0 unspecified atom stereocenters. The van der Waals surface area contributed by atoms with E-state index in [-0.39, 0.29) is 17.3 Å². The molecule has 1 amide bonds. The van der Waals surface area contributed by atoms with Crippen molar-refractivity contribution in [2.24, 2.45) is 0 Å². The van der Waals surface area contributed by atoms with E-state index < -0.39 is 16.2 Å². The highest BCUT2D eigenvalue weighted by molar-refractivity contribution is 7.89. The van der Waals surface area contributed by atoms with Gasteiger partial charge < -0.3 is 9.80 Å². The number of hydrogen-bond acceptors (Lipinski definition) is 4. The van der Waals surface area contributed by atoms with Crippen molar-refractivity contribution in [1.29, 1.82) is 0 Å². The van der Waals surface area contributed by atoms with Crippen molar-refractivity contribution in [3.05, 3.63) is 60.2 Å². The third-order valence-corrected chi connectivity index (χ3v) is 7.07. The summed E-state index contributed by atoms with van der Waals surface area (Å²) >= 11 is 0. The average Bonchev–Trinajstić information content (AvgIpc) is 3.16. The monoisotopic (exact) mass is 401 g/mol. The molecule has 1 atom stereocenters. The van der Waals surface area contributed by atoms with Crippen LogP contribution in [0.2, 0.25) is 0 Å². The SMILES string of the molecule is CCN(CC)c1ccc([C@H]2N(C(C)=O)CCN2S(=O)(=O)c2ccccc2)cc1. The maximum absolute atomic E-state index is 13.2. The first kappa shape index (κ1) is 20.4. The standard InChI is InChI=1S/C21H27N3O3S/c1-4-22(5-2)19-13-11-18(12-14-19)21-23(17(3)25)15-16-24(21)28(26,27)20-9-7-6-8-10-20/h6-14,21H,4-5,15-16H2,1-3H3/t21-/m0/s1. The summed E-state index contributed by atoms with van der Waals surface area (Å²) in [6.45, 7) is 8.12. The summed E-state index contributed by atoms with van der Waals surface area (Å²) in [5.74, 6) is -0.136. The normalized spacial score (nSPS) is 17.7. The molecule has 0 spiro atoms. The molecule has 1 heterocycles. The summed E-state index contributed by atoms with van der Waals surface area (Å²) in [4.78, 5) is 16.3. The Morgan fingerprint density at radius 3 is 2.14 bits per heavy atom. The van der Waals surface area contributed by atoms with Gasteiger partial charge in [-0.1, -0.05) is 30.3 Å². The van der Waals surface area contributed by atoms with Crippen molar-refractivity contribution < 1.29 is 13.2 Å². The van der Waals surface area contributed by atoms with Gasteiger partial charge in [-0.3, -0.25) is 4.79 Å². The average molecular weight is 402 g/mol. The molecule has 0 aromatic heterocycles. The lowest BCUT2D eigenvalue weighted by Gasteiger charge is -2.30. The van der Waals surface area contributed by atoms with E-state index >= 15 is 0 Å². The molecule has 0 N–H and O–H groups in total. The summed E-state index contributed by atoms with van der Waals surface area (Å²) < 4.78 is 27.9. The quantitative estimate of drug-likeness (QED) is 0.746. The molecule has 1 aliphatic heterocycles. The second-order valence-corrected chi connectivity index (χ2v) is 8.67. The Labute approximate surface area is 167 Å². The van der Waals surface area contributed by atoms with E-state index in [1.165, 1.54) is 11.2 Å². The molecule has 0 aliphatic carbocycles. The molecule has 150 valence electrons. The number of anilines is 1. The van der Waals surface area contributed by atoms with Crippen molar-refractivity contribution in [3.63, 3.8) is 0 Å². The number of benzene rings is 2. The van der Waals surface area contributed by atoms with Crippen LogP contribution in [0.3, 0.4) is 0 Å². The van der Waals surface area contributed by atoms with Gasteiger partial charge in [-0.2, -0.15) is 4.31 Å². The van der Waals surface area contributed by atoms with Crippen LogP contribution in [-0.2, 0) is 14.8 Å². The highest BCUT2D eigenvalue weighted by Gasteiger charge is 2.42. The summed E-state index contributed by atoms with van der Waals surface area (Å²) in [5.41, 5.74) is 1.88. The van der Waals surface area contributed by atoms with Gasteiger partial charge in [0.15, 0.2) is 0 Å². The van der Waals surface area contributed by atoms with Crippen LogP contribution in [0.4, 0.5) is 5.69 Å². The number of nitrogens with zero attached hydrogens (tertiary/aromatic N) is 3. The Hall–Kier alpha value is -2.38. The Morgan fingerprint density at radius 2 is 1.61 bits per heavy atom. The zero-order valence-corrected chi connectivity index (χ0v) is 17.4. The van der Waals surface area contributed by atoms with Crippen molar-refractivity contribution in [2.75, 3.05) is 31.1 Å². The molecule has 1 aliphatic rings. The topological polar surface area (TPSA) is 60.9 Å². The van der Waals surface area contributed by atoms with Crippen molar-refractivity contribution >= 4 is 21.6 Å². The molecule has 2 aromatic rings. The minimum atomic E-state index is -3.71. The van der Waals surface area contributed by atoms with Gasteiger partial charge in [-0.15, -0.1) is 0 Å². The fourth-order valence-corrected chi connectivity index (χ4v) is 5.30. The maximum Gasteiger partial charge on any atom is 0.245 e. The summed E-state index contributed by atoms with van der Waals surface area (Å²) in [6, 6.07) is 16.2. The molecule has 1 fully saturated rings. The molecule has 28 heavy (non-hydrogen) atoms. The fraction of sp³-hybridized carbons (Fsp3) is 0.381. The molecule has 6 nitrogen and oxygen atoms in total. The van der Waals surface area contributed by atoms with Crippen LogP contribution >= 0.6 is 0 Å². The van der Waals surface area contributed by atoms with Crippen molar-refractivity contribution in [2.45, 2.75) is 31.8 Å². The van der Waals surface area contributed by atoms with Gasteiger partial charge in [0.05, 0.1) is 4.90 Å². The van der Waals surface area contributed by atoms with Crippen LogP contribution in [0.5, 0.6) is 0 Å². The van der Waals surface area contributed by atoms with Crippen LogP contribution in [0.25, 0.3) is 0 Å². The highest BCUT2D eigenvalue weighted by atomic mass is 32.2. The lowest BCUT2D eigenvalue weighted by molar-refractivity contribution is -0.130. The van der Waals surface area contributed by atoms with Crippen LogP contribution in [0.1, 0.15) is 32.5 Å². The summed E-state index contributed by atoms with van der Waals surface area (Å²) in [6.07, 6.45) is -0.631. The van der Waals surface area contributed by atoms with Gasteiger partial charge in [0, 0.05) is 38.8 Å². The Morgan fingerprint density at radius 1 is 1.00 bits per heavy atom. The first-order chi connectivity index (χ1) is 13.4. The van der Waals surface area contributed by atoms with Crippen molar-refractivity contribution in [3.8, 4) is 0 Å². The first-order valence-electron chi connectivity index (χ1n) is 9.59. The lowest BCUT2D eigenvalue weighted by Crippen LogP contribution is -2.37. The fourth-order valence-electron chi connectivity index (χ4n) is 3.71. The summed E-state index contributed by atoms with van der Waals surface area (Å²) in [5, 5.41) is 0. The predicted molar refractivity (Wildman–Crippen MR) is 110 cm³/mol. The maximum atomic E-state index is 13.2. The van der Waals surface area contributed by atoms with Gasteiger partial charge in [0.25, 0.3) is 0 Å². The molecule has 0 bridgehead atoms. The predicted octanol–water partition coefficient (Wildman–Crippen LogP) is 3.08. The van der Waals surface area contributed by atoms with Gasteiger partial charge in [-0.25, -0.2) is 8.42 Å². The second kappa shape index (κ2) is 8.32. The van der Waals surface area contributed by atoms with E-state index in [1.807, 2.05) is 24.3 Å². The zero-order chi connectivity index (χ0) is 20.3. The van der Waals surface area contributed by atoms with E-state index in [4.69, 9.17) is 0 Å². The van der Waals surface area contributed by atoms with E-state index in [1.54, 1.807) is 35.2 Å². The number of carbonyl (C=O) groups is 1. The third-order valence-electron chi connectivity index (χ3n) is 5.20. The number of sulfonamides is 1. The minimum absolute atomic E-state index is 0.136. The Bertz CT molecular complexity index is 910. The second-order valence-electron chi connectivity index (χ2n) is 6.78. The van der Waals surface area contributed by atoms with Gasteiger partial charge in [-0.05, 0) is 43.7 Å². The molecule has 0 saturated carbocycles. The number of amides is 1. The van der Waals surface area contributed by atoms with E-state index in [0.29, 0.717) is 6.54 Å². The molecule has 7 heteroatoms. The summed E-state index contributed by atoms with van der Waals surface area (Å²) in [7, 11) is -3.71. The Kier molecular flexibility index (Phi) is 6.05. The zero-order valence-electron chi connectivity index (χ0n) is 16.6. The van der Waals surface area contributed by atoms with Gasteiger partial charge >= 0.3 is 0 Å². The molecule has 3 rings (SSSR count). The minimum Gasteiger partial charge on any atom is -0.372 e. The van der Waals surface area contributed by atoms with Crippen LogP contribution in [-0.4, -0.2) is 49.7 Å². The van der Waals surface area contributed by atoms with E-state index in [0.717, 1.165) is 24.3 Å². The van der Waals surface area contributed by atoms with Gasteiger partial charge in [0.1, 0.15) is 6.17 Å². The molecule has 0 radical (unpaired) electrons. The molecular formula is C21H27N3O3S. The number of carbonyl (C=O) groups excluding carboxylic acids is 1. The largest absolute Gasteiger partial charge is 0.372 e. The van der Waals surface area contributed by atoms with E-state index in [9.17, 15) is 13.2 Å². The highest BCUT2D eigenvalue weighted by Crippen LogP contribution is 2.35. The van der Waals surface area contributed by atoms with E-state index in [2.05, 4.69) is 18.7 Å². The van der Waals surface area contributed by atoms with Crippen LogP contribution < -0.4 is 4.90 Å². The van der Waals surface area contributed by atoms with Gasteiger partial charge in [0.2, 0.25) is 15.9 Å².